The number of benzene rings is 1. The number of ether oxygens (including phenoxy) is 2. The number of aryl methyl sites for hydroxylation is 1. The lowest BCUT2D eigenvalue weighted by molar-refractivity contribution is 0.0600. The highest BCUT2D eigenvalue weighted by Crippen LogP contribution is 2.38. The maximum absolute atomic E-state index is 11.9. The molecule has 1 aliphatic rings. The predicted octanol–water partition coefficient (Wildman–Crippen LogP) is 3.09. The highest BCUT2D eigenvalue weighted by Gasteiger charge is 2.25. The quantitative estimate of drug-likeness (QED) is 0.512. The van der Waals surface area contributed by atoms with Gasteiger partial charge in [0.2, 0.25) is 5.01 Å². The van der Waals surface area contributed by atoms with Crippen LogP contribution in [0.5, 0.6) is 5.75 Å². The van der Waals surface area contributed by atoms with E-state index in [0.717, 1.165) is 10.4 Å². The van der Waals surface area contributed by atoms with Crippen molar-refractivity contribution in [2.75, 3.05) is 13.7 Å². The number of carbonyl (C=O) groups excluding carboxylic acids is 1. The Bertz CT molecular complexity index is 1150. The molecule has 4 rings (SSSR count). The number of methoxy groups -OCH3 is 1. The van der Waals surface area contributed by atoms with Crippen LogP contribution in [0.2, 0.25) is 0 Å². The molecular weight excluding hydrogens is 392 g/mol. The SMILES string of the molecule is COC(=O)c1nc2c(s1)CCOc1ccc(C#C[C@@](C)(O)c3cc(C)on3)cc1-2. The van der Waals surface area contributed by atoms with E-state index in [9.17, 15) is 9.90 Å². The lowest BCUT2D eigenvalue weighted by Gasteiger charge is -2.11. The molecule has 29 heavy (non-hydrogen) atoms. The first-order valence-electron chi connectivity index (χ1n) is 8.92. The number of aliphatic hydroxyl groups is 1. The van der Waals surface area contributed by atoms with Gasteiger partial charge in [-0.15, -0.1) is 11.3 Å². The molecular formula is C21H18N2O5S. The largest absolute Gasteiger partial charge is 0.493 e. The van der Waals surface area contributed by atoms with Gasteiger partial charge in [-0.3, -0.25) is 0 Å². The van der Waals surface area contributed by atoms with Crippen molar-refractivity contribution in [2.45, 2.75) is 25.9 Å². The maximum atomic E-state index is 11.9. The van der Waals surface area contributed by atoms with E-state index in [-0.39, 0.29) is 0 Å². The summed E-state index contributed by atoms with van der Waals surface area (Å²) in [7, 11) is 1.34. The molecule has 0 aliphatic carbocycles. The standard InChI is InChI=1S/C21H18N2O5S/c1-12-10-17(23-28-12)21(2,25)8-6-13-4-5-15-14(11-13)18-16(7-9-27-15)29-19(22-18)20(24)26-3/h4-5,10-11,25H,7,9H2,1-3H3/t21-/m1/s1. The minimum absolute atomic E-state index is 0.311. The highest BCUT2D eigenvalue weighted by molar-refractivity contribution is 7.14. The van der Waals surface area contributed by atoms with Gasteiger partial charge in [0, 0.05) is 28.5 Å². The maximum Gasteiger partial charge on any atom is 0.367 e. The van der Waals surface area contributed by atoms with Crippen LogP contribution in [0.3, 0.4) is 0 Å². The van der Waals surface area contributed by atoms with E-state index >= 15 is 0 Å². The van der Waals surface area contributed by atoms with Crippen molar-refractivity contribution in [2.24, 2.45) is 0 Å². The Labute approximate surface area is 171 Å². The molecule has 1 aliphatic heterocycles. The third-order valence-corrected chi connectivity index (χ3v) is 5.55. The molecule has 2 aromatic heterocycles. The van der Waals surface area contributed by atoms with Gasteiger partial charge in [0.1, 0.15) is 17.2 Å². The van der Waals surface area contributed by atoms with Crippen LogP contribution in [0.4, 0.5) is 0 Å². The fourth-order valence-corrected chi connectivity index (χ4v) is 3.91. The summed E-state index contributed by atoms with van der Waals surface area (Å²) >= 11 is 1.31. The van der Waals surface area contributed by atoms with Crippen molar-refractivity contribution in [1.82, 2.24) is 10.1 Å². The number of thiazole rings is 1. The first-order valence-corrected chi connectivity index (χ1v) is 9.73. The fourth-order valence-electron chi connectivity index (χ4n) is 2.93. The number of hydrogen-bond donors (Lipinski definition) is 1. The number of aromatic nitrogens is 2. The summed E-state index contributed by atoms with van der Waals surface area (Å²) in [6.07, 6.45) is 0.653. The molecule has 148 valence electrons. The number of rotatable bonds is 2. The second kappa shape index (κ2) is 7.35. The van der Waals surface area contributed by atoms with Crippen molar-refractivity contribution in [1.29, 1.82) is 0 Å². The first-order chi connectivity index (χ1) is 13.9. The normalized spacial score (nSPS) is 14.3. The van der Waals surface area contributed by atoms with Crippen LogP contribution >= 0.6 is 11.3 Å². The molecule has 0 amide bonds. The van der Waals surface area contributed by atoms with Gasteiger partial charge >= 0.3 is 5.97 Å². The average Bonchev–Trinajstić information content (AvgIpc) is 3.30. The van der Waals surface area contributed by atoms with Gasteiger partial charge in [0.15, 0.2) is 5.60 Å². The molecule has 3 heterocycles. The average molecular weight is 410 g/mol. The monoisotopic (exact) mass is 410 g/mol. The third kappa shape index (κ3) is 3.75. The van der Waals surface area contributed by atoms with Crippen LogP contribution in [0.1, 0.15) is 38.6 Å². The number of fused-ring (bicyclic) bond motifs is 3. The van der Waals surface area contributed by atoms with Gasteiger partial charge in [-0.25, -0.2) is 9.78 Å². The molecule has 1 aromatic carbocycles. The Morgan fingerprint density at radius 3 is 2.93 bits per heavy atom. The van der Waals surface area contributed by atoms with Crippen LogP contribution in [0.15, 0.2) is 28.8 Å². The molecule has 3 aromatic rings. The number of carbonyl (C=O) groups is 1. The van der Waals surface area contributed by atoms with E-state index in [0.29, 0.717) is 46.5 Å². The predicted molar refractivity (Wildman–Crippen MR) is 106 cm³/mol. The van der Waals surface area contributed by atoms with Crippen molar-refractivity contribution in [3.8, 4) is 28.8 Å². The van der Waals surface area contributed by atoms with Crippen LogP contribution in [0.25, 0.3) is 11.3 Å². The Morgan fingerprint density at radius 2 is 2.21 bits per heavy atom. The summed E-state index contributed by atoms with van der Waals surface area (Å²) in [4.78, 5) is 17.3. The second-order valence-corrected chi connectivity index (χ2v) is 7.82. The van der Waals surface area contributed by atoms with Gasteiger partial charge in [-0.05, 0) is 32.0 Å². The van der Waals surface area contributed by atoms with Crippen LogP contribution < -0.4 is 4.74 Å². The number of hydrogen-bond acceptors (Lipinski definition) is 8. The fraction of sp³-hybridized carbons (Fsp3) is 0.286. The van der Waals surface area contributed by atoms with Gasteiger partial charge in [0.05, 0.1) is 19.4 Å². The molecule has 0 saturated carbocycles. The van der Waals surface area contributed by atoms with Crippen molar-refractivity contribution in [3.05, 3.63) is 51.2 Å². The van der Waals surface area contributed by atoms with E-state index in [2.05, 4.69) is 22.0 Å². The Kier molecular flexibility index (Phi) is 4.86. The van der Waals surface area contributed by atoms with Crippen LogP contribution in [-0.2, 0) is 16.8 Å². The summed E-state index contributed by atoms with van der Waals surface area (Å²) in [6, 6.07) is 7.13. The molecule has 7 nitrogen and oxygen atoms in total. The summed E-state index contributed by atoms with van der Waals surface area (Å²) in [6.45, 7) is 3.81. The molecule has 0 spiro atoms. The zero-order chi connectivity index (χ0) is 20.6. The third-order valence-electron chi connectivity index (χ3n) is 4.46. The van der Waals surface area contributed by atoms with E-state index in [1.807, 2.05) is 18.2 Å². The first kappa shape index (κ1) is 19.2. The minimum atomic E-state index is -1.45. The van der Waals surface area contributed by atoms with Crippen molar-refractivity contribution < 1.29 is 23.9 Å². The Morgan fingerprint density at radius 1 is 1.38 bits per heavy atom. The minimum Gasteiger partial charge on any atom is -0.493 e. The molecule has 1 atom stereocenters. The molecule has 1 N–H and O–H groups in total. The second-order valence-electron chi connectivity index (χ2n) is 6.74. The number of nitrogens with zero attached hydrogens (tertiary/aromatic N) is 2. The lowest BCUT2D eigenvalue weighted by Crippen LogP contribution is -2.18. The lowest BCUT2D eigenvalue weighted by atomic mass is 10.0. The zero-order valence-corrected chi connectivity index (χ0v) is 16.9. The van der Waals surface area contributed by atoms with Gasteiger partial charge in [-0.2, -0.15) is 0 Å². The summed E-state index contributed by atoms with van der Waals surface area (Å²) < 4.78 is 15.6. The van der Waals surface area contributed by atoms with E-state index in [4.69, 9.17) is 14.0 Å². The van der Waals surface area contributed by atoms with Gasteiger partial charge < -0.3 is 19.1 Å². The van der Waals surface area contributed by atoms with Gasteiger partial charge in [-0.1, -0.05) is 17.0 Å². The van der Waals surface area contributed by atoms with Crippen molar-refractivity contribution in [3.63, 3.8) is 0 Å². The molecule has 0 unspecified atom stereocenters. The Balaban J connectivity index is 1.72. The van der Waals surface area contributed by atoms with E-state index in [1.54, 1.807) is 19.9 Å². The molecule has 0 bridgehead atoms. The molecule has 0 fully saturated rings. The molecule has 0 saturated heterocycles. The summed E-state index contributed by atoms with van der Waals surface area (Å²) in [5.41, 5.74) is 1.03. The summed E-state index contributed by atoms with van der Waals surface area (Å²) in [5.74, 6) is 6.63. The number of esters is 1. The topological polar surface area (TPSA) is 94.7 Å². The highest BCUT2D eigenvalue weighted by atomic mass is 32.1. The zero-order valence-electron chi connectivity index (χ0n) is 16.1. The molecule has 0 radical (unpaired) electrons. The van der Waals surface area contributed by atoms with E-state index < -0.39 is 11.6 Å². The van der Waals surface area contributed by atoms with E-state index in [1.165, 1.54) is 18.4 Å². The summed E-state index contributed by atoms with van der Waals surface area (Å²) in [5, 5.41) is 14.8. The van der Waals surface area contributed by atoms with Crippen LogP contribution in [-0.4, -0.2) is 34.9 Å². The van der Waals surface area contributed by atoms with Crippen LogP contribution in [0, 0.1) is 18.8 Å². The molecule has 8 heteroatoms. The smallest absolute Gasteiger partial charge is 0.367 e. The Hall–Kier alpha value is -3.15. The van der Waals surface area contributed by atoms with Crippen molar-refractivity contribution >= 4 is 17.3 Å². The van der Waals surface area contributed by atoms with Gasteiger partial charge in [0.25, 0.3) is 0 Å².